The Morgan fingerprint density at radius 3 is 2.59 bits per heavy atom. The summed E-state index contributed by atoms with van der Waals surface area (Å²) in [6, 6.07) is 4.86. The van der Waals surface area contributed by atoms with Crippen LogP contribution in [0.25, 0.3) is 0 Å². The van der Waals surface area contributed by atoms with Gasteiger partial charge in [0.05, 0.1) is 0 Å². The summed E-state index contributed by atoms with van der Waals surface area (Å²) in [5.74, 6) is 0.294. The minimum absolute atomic E-state index is 0.211. The smallest absolute Gasteiger partial charge is 0.124 e. The molecule has 0 radical (unpaired) electrons. The minimum atomic E-state index is -0.280. The molecule has 0 aliphatic rings. The zero-order valence-corrected chi connectivity index (χ0v) is 11.5. The maximum Gasteiger partial charge on any atom is 0.124 e. The van der Waals surface area contributed by atoms with Crippen LogP contribution in [-0.4, -0.2) is 6.54 Å². The van der Waals surface area contributed by atoms with Crippen LogP contribution in [0.3, 0.4) is 0 Å². The molecule has 0 aliphatic heterocycles. The van der Waals surface area contributed by atoms with E-state index >= 15 is 0 Å². The van der Waals surface area contributed by atoms with Crippen molar-refractivity contribution in [3.05, 3.63) is 34.6 Å². The predicted molar refractivity (Wildman–Crippen MR) is 71.9 cm³/mol. The summed E-state index contributed by atoms with van der Waals surface area (Å²) >= 11 is 6.11. The topological polar surface area (TPSA) is 12.0 Å². The van der Waals surface area contributed by atoms with Gasteiger partial charge in [-0.2, -0.15) is 0 Å². The van der Waals surface area contributed by atoms with Crippen molar-refractivity contribution in [2.75, 3.05) is 6.54 Å². The van der Waals surface area contributed by atoms with Gasteiger partial charge in [0.25, 0.3) is 0 Å². The first-order chi connectivity index (χ1) is 8.04. The molecule has 0 fully saturated rings. The molecule has 1 nitrogen and oxygen atoms in total. The Labute approximate surface area is 108 Å². The molecule has 0 heterocycles. The molecule has 0 saturated carbocycles. The molecule has 1 rings (SSSR count). The van der Waals surface area contributed by atoms with E-state index in [2.05, 4.69) is 26.1 Å². The number of rotatable bonds is 6. The van der Waals surface area contributed by atoms with E-state index in [4.69, 9.17) is 11.6 Å². The van der Waals surface area contributed by atoms with Gasteiger partial charge in [-0.3, -0.25) is 0 Å². The van der Waals surface area contributed by atoms with Crippen LogP contribution in [0.5, 0.6) is 0 Å². The molecular formula is C14H21ClFN. The molecule has 3 heteroatoms. The molecule has 0 aromatic heterocycles. The summed E-state index contributed by atoms with van der Waals surface area (Å²) in [5, 5.41) is 3.98. The highest BCUT2D eigenvalue weighted by Crippen LogP contribution is 2.28. The summed E-state index contributed by atoms with van der Waals surface area (Å²) < 4.78 is 13.0. The van der Waals surface area contributed by atoms with Crippen LogP contribution in [0.1, 0.15) is 45.2 Å². The lowest BCUT2D eigenvalue weighted by Gasteiger charge is -2.22. The van der Waals surface area contributed by atoms with Crippen LogP contribution in [-0.2, 0) is 0 Å². The highest BCUT2D eigenvalue weighted by atomic mass is 35.5. The lowest BCUT2D eigenvalue weighted by molar-refractivity contribution is 0.430. The van der Waals surface area contributed by atoms with Gasteiger partial charge in [-0.25, -0.2) is 4.39 Å². The average Bonchev–Trinajstić information content (AvgIpc) is 2.24. The number of hydrogen-bond acceptors (Lipinski definition) is 1. The quantitative estimate of drug-likeness (QED) is 0.787. The molecular weight excluding hydrogens is 237 g/mol. The van der Waals surface area contributed by atoms with Gasteiger partial charge in [0, 0.05) is 11.1 Å². The zero-order chi connectivity index (χ0) is 12.8. The van der Waals surface area contributed by atoms with Crippen LogP contribution in [0.2, 0.25) is 5.02 Å². The normalized spacial score (nSPS) is 13.1. The third-order valence-corrected chi connectivity index (χ3v) is 3.01. The SMILES string of the molecule is CCCNC(CC(C)C)c1ccc(F)cc1Cl. The fourth-order valence-electron chi connectivity index (χ4n) is 1.89. The van der Waals surface area contributed by atoms with E-state index in [1.54, 1.807) is 6.07 Å². The molecule has 1 aromatic rings. The first kappa shape index (κ1) is 14.5. The van der Waals surface area contributed by atoms with Crippen molar-refractivity contribution in [3.63, 3.8) is 0 Å². The van der Waals surface area contributed by atoms with Crippen LogP contribution in [0.15, 0.2) is 18.2 Å². The number of benzene rings is 1. The molecule has 0 spiro atoms. The van der Waals surface area contributed by atoms with Crippen molar-refractivity contribution >= 4 is 11.6 Å². The second-order valence-corrected chi connectivity index (χ2v) is 5.21. The minimum Gasteiger partial charge on any atom is -0.310 e. The molecule has 1 atom stereocenters. The summed E-state index contributed by atoms with van der Waals surface area (Å²) in [5.41, 5.74) is 0.996. The standard InChI is InChI=1S/C14H21ClFN/c1-4-7-17-14(8-10(2)3)12-6-5-11(16)9-13(12)15/h5-6,9-10,14,17H,4,7-8H2,1-3H3. The Hall–Kier alpha value is -0.600. The number of nitrogens with one attached hydrogen (secondary N) is 1. The van der Waals surface area contributed by atoms with Gasteiger partial charge in [0.15, 0.2) is 0 Å². The van der Waals surface area contributed by atoms with Crippen LogP contribution in [0, 0.1) is 11.7 Å². The van der Waals surface area contributed by atoms with Crippen LogP contribution in [0.4, 0.5) is 4.39 Å². The lowest BCUT2D eigenvalue weighted by atomic mass is 9.97. The van der Waals surface area contributed by atoms with Crippen molar-refractivity contribution in [1.29, 1.82) is 0 Å². The second-order valence-electron chi connectivity index (χ2n) is 4.80. The maximum absolute atomic E-state index is 13.0. The molecule has 0 aliphatic carbocycles. The van der Waals surface area contributed by atoms with Gasteiger partial charge in [0.2, 0.25) is 0 Å². The fourth-order valence-corrected chi connectivity index (χ4v) is 2.19. The highest BCUT2D eigenvalue weighted by molar-refractivity contribution is 6.31. The maximum atomic E-state index is 13.0. The van der Waals surface area contributed by atoms with Crippen molar-refractivity contribution < 1.29 is 4.39 Å². The third kappa shape index (κ3) is 4.64. The Morgan fingerprint density at radius 2 is 2.06 bits per heavy atom. The highest BCUT2D eigenvalue weighted by Gasteiger charge is 2.15. The van der Waals surface area contributed by atoms with Gasteiger partial charge in [-0.1, -0.05) is 38.4 Å². The van der Waals surface area contributed by atoms with E-state index in [1.165, 1.54) is 12.1 Å². The summed E-state index contributed by atoms with van der Waals surface area (Å²) in [7, 11) is 0. The van der Waals surface area contributed by atoms with Gasteiger partial charge < -0.3 is 5.32 Å². The first-order valence-electron chi connectivity index (χ1n) is 6.23. The molecule has 1 N–H and O–H groups in total. The van der Waals surface area contributed by atoms with Crippen LogP contribution >= 0.6 is 11.6 Å². The van der Waals surface area contributed by atoms with E-state index in [1.807, 2.05) is 0 Å². The van der Waals surface area contributed by atoms with Gasteiger partial charge in [-0.05, 0) is 43.0 Å². The van der Waals surface area contributed by atoms with Gasteiger partial charge >= 0.3 is 0 Å². The second kappa shape index (κ2) is 6.97. The number of halogens is 2. The van der Waals surface area contributed by atoms with E-state index in [0.717, 1.165) is 24.9 Å². The molecule has 1 unspecified atom stereocenters. The summed E-state index contributed by atoms with van der Waals surface area (Å²) in [6.45, 7) is 7.44. The Balaban J connectivity index is 2.86. The molecule has 17 heavy (non-hydrogen) atoms. The van der Waals surface area contributed by atoms with Gasteiger partial charge in [-0.15, -0.1) is 0 Å². The van der Waals surface area contributed by atoms with Crippen molar-refractivity contribution in [2.24, 2.45) is 5.92 Å². The van der Waals surface area contributed by atoms with E-state index < -0.39 is 0 Å². The van der Waals surface area contributed by atoms with E-state index in [9.17, 15) is 4.39 Å². The Bertz CT molecular complexity index is 352. The Kier molecular flexibility index (Phi) is 5.93. The number of hydrogen-bond donors (Lipinski definition) is 1. The largest absolute Gasteiger partial charge is 0.310 e. The molecule has 0 bridgehead atoms. The monoisotopic (exact) mass is 257 g/mol. The summed E-state index contributed by atoms with van der Waals surface area (Å²) in [4.78, 5) is 0. The van der Waals surface area contributed by atoms with Crippen molar-refractivity contribution in [2.45, 2.75) is 39.7 Å². The Morgan fingerprint density at radius 1 is 1.35 bits per heavy atom. The first-order valence-corrected chi connectivity index (χ1v) is 6.60. The molecule has 96 valence electrons. The molecule has 0 saturated heterocycles. The predicted octanol–water partition coefficient (Wildman–Crippen LogP) is 4.57. The van der Waals surface area contributed by atoms with Crippen molar-refractivity contribution in [1.82, 2.24) is 5.32 Å². The van der Waals surface area contributed by atoms with Crippen molar-refractivity contribution in [3.8, 4) is 0 Å². The molecule has 1 aromatic carbocycles. The average molecular weight is 258 g/mol. The van der Waals surface area contributed by atoms with Gasteiger partial charge in [0.1, 0.15) is 5.82 Å². The zero-order valence-electron chi connectivity index (χ0n) is 10.8. The van der Waals surface area contributed by atoms with E-state index in [0.29, 0.717) is 10.9 Å². The lowest BCUT2D eigenvalue weighted by Crippen LogP contribution is -2.23. The summed E-state index contributed by atoms with van der Waals surface area (Å²) in [6.07, 6.45) is 2.08. The van der Waals surface area contributed by atoms with E-state index in [-0.39, 0.29) is 11.9 Å². The third-order valence-electron chi connectivity index (χ3n) is 2.69. The fraction of sp³-hybridized carbons (Fsp3) is 0.571. The van der Waals surface area contributed by atoms with Crippen LogP contribution < -0.4 is 5.32 Å². The molecule has 0 amide bonds.